The van der Waals surface area contributed by atoms with Gasteiger partial charge in [-0.2, -0.15) is 4.37 Å². The fourth-order valence-corrected chi connectivity index (χ4v) is 2.71. The van der Waals surface area contributed by atoms with Crippen LogP contribution in [0.1, 0.15) is 17.1 Å². The van der Waals surface area contributed by atoms with Crippen LogP contribution in [-0.2, 0) is 0 Å². The highest BCUT2D eigenvalue weighted by Gasteiger charge is 2.18. The maximum Gasteiger partial charge on any atom is 0.255 e. The van der Waals surface area contributed by atoms with E-state index in [-0.39, 0.29) is 0 Å². The van der Waals surface area contributed by atoms with Crippen LogP contribution in [0.25, 0.3) is 17.2 Å². The lowest BCUT2D eigenvalue weighted by atomic mass is 10.2. The van der Waals surface area contributed by atoms with Crippen LogP contribution in [0.4, 0.5) is 5.00 Å². The summed E-state index contributed by atoms with van der Waals surface area (Å²) in [4.78, 5) is 4.36. The molecule has 0 unspecified atom stereocenters. The zero-order valence-electron chi connectivity index (χ0n) is 10.3. The summed E-state index contributed by atoms with van der Waals surface area (Å²) in [5, 5.41) is 8.95. The normalized spacial score (nSPS) is 11.3. The molecule has 0 aliphatic carbocycles. The third kappa shape index (κ3) is 1.47. The molecule has 3 aromatic rings. The van der Waals surface area contributed by atoms with Gasteiger partial charge in [0.2, 0.25) is 0 Å². The number of hydrogen-bond donors (Lipinski definition) is 1. The summed E-state index contributed by atoms with van der Waals surface area (Å²) in [6.45, 7) is 5.85. The number of rotatable bonds is 1. The number of hydrogen-bond acceptors (Lipinski definition) is 6. The van der Waals surface area contributed by atoms with Crippen molar-refractivity contribution in [2.45, 2.75) is 20.8 Å². The summed E-state index contributed by atoms with van der Waals surface area (Å²) in [5.41, 5.74) is 9.63. The van der Waals surface area contributed by atoms with Gasteiger partial charge < -0.3 is 5.73 Å². The van der Waals surface area contributed by atoms with Gasteiger partial charge in [0.05, 0.1) is 11.3 Å². The van der Waals surface area contributed by atoms with E-state index in [4.69, 9.17) is 5.73 Å². The van der Waals surface area contributed by atoms with Crippen LogP contribution < -0.4 is 5.73 Å². The van der Waals surface area contributed by atoms with Crippen LogP contribution in [-0.4, -0.2) is 24.0 Å². The first-order valence-electron chi connectivity index (χ1n) is 5.49. The Balaban J connectivity index is 2.38. The maximum absolute atomic E-state index is 5.96. The molecule has 92 valence electrons. The third-order valence-corrected chi connectivity index (χ3v) is 3.57. The lowest BCUT2D eigenvalue weighted by Crippen LogP contribution is -1.99. The topological polar surface area (TPSA) is 82.0 Å². The molecular formula is C11H12N6S. The Morgan fingerprint density at radius 2 is 2.00 bits per heavy atom. The van der Waals surface area contributed by atoms with E-state index in [0.717, 1.165) is 22.6 Å². The highest BCUT2D eigenvalue weighted by molar-refractivity contribution is 7.10. The lowest BCUT2D eigenvalue weighted by molar-refractivity contribution is 1.02. The molecule has 0 saturated heterocycles. The summed E-state index contributed by atoms with van der Waals surface area (Å²) in [7, 11) is 0. The second-order valence-electron chi connectivity index (χ2n) is 4.21. The molecule has 0 aromatic carbocycles. The average molecular weight is 260 g/mol. The molecule has 3 aromatic heterocycles. The molecule has 3 rings (SSSR count). The molecule has 2 N–H and O–H groups in total. The van der Waals surface area contributed by atoms with Crippen molar-refractivity contribution in [1.82, 2.24) is 24.0 Å². The van der Waals surface area contributed by atoms with Crippen LogP contribution in [0.15, 0.2) is 6.07 Å². The zero-order valence-corrected chi connectivity index (χ0v) is 11.1. The molecule has 0 saturated carbocycles. The van der Waals surface area contributed by atoms with Gasteiger partial charge in [0.25, 0.3) is 5.78 Å². The predicted molar refractivity (Wildman–Crippen MR) is 70.5 cm³/mol. The van der Waals surface area contributed by atoms with E-state index in [2.05, 4.69) is 19.6 Å². The third-order valence-electron chi connectivity index (χ3n) is 2.81. The Morgan fingerprint density at radius 3 is 2.67 bits per heavy atom. The maximum atomic E-state index is 5.96. The average Bonchev–Trinajstić information content (AvgIpc) is 2.83. The summed E-state index contributed by atoms with van der Waals surface area (Å²) < 4.78 is 6.14. The number of nitrogens with two attached hydrogens (primary N) is 1. The van der Waals surface area contributed by atoms with E-state index < -0.39 is 0 Å². The first-order chi connectivity index (χ1) is 8.58. The van der Waals surface area contributed by atoms with Crippen molar-refractivity contribution in [1.29, 1.82) is 0 Å². The second-order valence-corrected chi connectivity index (χ2v) is 5.01. The van der Waals surface area contributed by atoms with E-state index >= 15 is 0 Å². The Morgan fingerprint density at radius 1 is 1.22 bits per heavy atom. The van der Waals surface area contributed by atoms with E-state index in [0.29, 0.717) is 16.6 Å². The minimum absolute atomic E-state index is 0.590. The second kappa shape index (κ2) is 3.74. The summed E-state index contributed by atoms with van der Waals surface area (Å²) >= 11 is 1.27. The van der Waals surface area contributed by atoms with E-state index in [1.165, 1.54) is 11.5 Å². The van der Waals surface area contributed by atoms with Gasteiger partial charge >= 0.3 is 0 Å². The van der Waals surface area contributed by atoms with Crippen LogP contribution >= 0.6 is 11.5 Å². The summed E-state index contributed by atoms with van der Waals surface area (Å²) in [6, 6.07) is 1.99. The largest absolute Gasteiger partial charge is 0.389 e. The Bertz CT molecular complexity index is 722. The van der Waals surface area contributed by atoms with E-state index in [1.807, 2.05) is 31.2 Å². The molecule has 0 radical (unpaired) electrons. The molecular weight excluding hydrogens is 248 g/mol. The standard InChI is InChI=1S/C11H12N6S/c1-5-4-6(2)17-10(14-15-11(17)13-5)8-7(3)16-18-9(8)12/h4H,12H2,1-3H3. The van der Waals surface area contributed by atoms with Crippen molar-refractivity contribution < 1.29 is 0 Å². The number of anilines is 1. The molecule has 18 heavy (non-hydrogen) atoms. The molecule has 0 spiro atoms. The van der Waals surface area contributed by atoms with Crippen LogP contribution in [0.2, 0.25) is 0 Å². The molecule has 0 aliphatic heterocycles. The lowest BCUT2D eigenvalue weighted by Gasteiger charge is -2.04. The fourth-order valence-electron chi connectivity index (χ4n) is 2.05. The van der Waals surface area contributed by atoms with Gasteiger partial charge in [-0.25, -0.2) is 4.98 Å². The SMILES string of the molecule is Cc1cc(C)n2c(-c3c(C)nsc3N)nnc2n1. The summed E-state index contributed by atoms with van der Waals surface area (Å²) in [6.07, 6.45) is 0. The quantitative estimate of drug-likeness (QED) is 0.721. The first-order valence-corrected chi connectivity index (χ1v) is 6.26. The van der Waals surface area contributed by atoms with Crippen LogP contribution in [0.3, 0.4) is 0 Å². The van der Waals surface area contributed by atoms with E-state index in [1.54, 1.807) is 0 Å². The predicted octanol–water partition coefficient (Wildman–Crippen LogP) is 1.76. The Kier molecular flexibility index (Phi) is 2.30. The van der Waals surface area contributed by atoms with E-state index in [9.17, 15) is 0 Å². The summed E-state index contributed by atoms with van der Waals surface area (Å²) in [5.74, 6) is 1.30. The van der Waals surface area contributed by atoms with Crippen LogP contribution in [0, 0.1) is 20.8 Å². The van der Waals surface area contributed by atoms with Gasteiger partial charge in [-0.15, -0.1) is 10.2 Å². The smallest absolute Gasteiger partial charge is 0.255 e. The van der Waals surface area contributed by atoms with Crippen molar-refractivity contribution >= 4 is 22.3 Å². The highest BCUT2D eigenvalue weighted by Crippen LogP contribution is 2.31. The molecule has 0 atom stereocenters. The Labute approximate surface area is 108 Å². The molecule has 0 aliphatic rings. The van der Waals surface area contributed by atoms with Gasteiger partial charge in [-0.1, -0.05) is 0 Å². The van der Waals surface area contributed by atoms with Gasteiger partial charge in [0.1, 0.15) is 5.00 Å². The number of aromatic nitrogens is 5. The highest BCUT2D eigenvalue weighted by atomic mass is 32.1. The number of fused-ring (bicyclic) bond motifs is 1. The number of nitrogen functional groups attached to an aromatic ring is 1. The van der Waals surface area contributed by atoms with Crippen molar-refractivity contribution in [2.24, 2.45) is 0 Å². The molecule has 0 amide bonds. The molecule has 3 heterocycles. The Hall–Kier alpha value is -2.02. The molecule has 6 nitrogen and oxygen atoms in total. The van der Waals surface area contributed by atoms with Gasteiger partial charge in [0.15, 0.2) is 5.82 Å². The number of aryl methyl sites for hydroxylation is 3. The fraction of sp³-hybridized carbons (Fsp3) is 0.273. The first kappa shape index (κ1) is 11.1. The molecule has 0 fully saturated rings. The monoisotopic (exact) mass is 260 g/mol. The van der Waals surface area contributed by atoms with Gasteiger partial charge in [-0.3, -0.25) is 4.40 Å². The zero-order chi connectivity index (χ0) is 12.9. The number of nitrogens with zero attached hydrogens (tertiary/aromatic N) is 5. The molecule has 0 bridgehead atoms. The van der Waals surface area contributed by atoms with Crippen molar-refractivity contribution in [3.8, 4) is 11.4 Å². The van der Waals surface area contributed by atoms with Crippen molar-refractivity contribution in [2.75, 3.05) is 5.73 Å². The van der Waals surface area contributed by atoms with Gasteiger partial charge in [0, 0.05) is 11.4 Å². The minimum atomic E-state index is 0.590. The van der Waals surface area contributed by atoms with Crippen molar-refractivity contribution in [3.63, 3.8) is 0 Å². The molecule has 7 heteroatoms. The van der Waals surface area contributed by atoms with Crippen LogP contribution in [0.5, 0.6) is 0 Å². The van der Waals surface area contributed by atoms with Crippen molar-refractivity contribution in [3.05, 3.63) is 23.1 Å². The minimum Gasteiger partial charge on any atom is -0.389 e. The van der Waals surface area contributed by atoms with Gasteiger partial charge in [-0.05, 0) is 38.4 Å².